The van der Waals surface area contributed by atoms with Crippen LogP contribution >= 0.6 is 23.2 Å². The van der Waals surface area contributed by atoms with E-state index in [1.165, 1.54) is 0 Å². The molecule has 162 valence electrons. The number of ether oxygens (including phenoxy) is 1. The van der Waals surface area contributed by atoms with Gasteiger partial charge < -0.3 is 14.6 Å². The Morgan fingerprint density at radius 2 is 1.90 bits per heavy atom. The quantitative estimate of drug-likeness (QED) is 0.464. The molecule has 0 aliphatic rings. The second-order valence-corrected chi connectivity index (χ2v) is 8.38. The highest BCUT2D eigenvalue weighted by Crippen LogP contribution is 2.30. The van der Waals surface area contributed by atoms with Gasteiger partial charge in [0, 0.05) is 23.3 Å². The molecule has 0 unspecified atom stereocenters. The van der Waals surface area contributed by atoms with Crippen LogP contribution in [0.15, 0.2) is 48.7 Å². The first-order chi connectivity index (χ1) is 14.9. The van der Waals surface area contributed by atoms with Gasteiger partial charge in [-0.05, 0) is 47.9 Å². The summed E-state index contributed by atoms with van der Waals surface area (Å²) in [6.45, 7) is 4.90. The highest BCUT2D eigenvalue weighted by molar-refractivity contribution is 6.36. The summed E-state index contributed by atoms with van der Waals surface area (Å²) >= 11 is 12.4. The molecule has 3 aromatic rings. The first-order valence-corrected chi connectivity index (χ1v) is 10.7. The SMILES string of the molecule is COc1ccc(/C=C/c2nc(-c3ccc(Cl)cc3Cl)cn2CC(=O)NCC(C)C)cc1. The fraction of sp³-hybridized carbons (Fsp3) is 0.250. The van der Waals surface area contributed by atoms with Gasteiger partial charge in [-0.2, -0.15) is 0 Å². The fourth-order valence-electron chi connectivity index (χ4n) is 2.93. The first-order valence-electron chi connectivity index (χ1n) is 9.97. The monoisotopic (exact) mass is 457 g/mol. The molecule has 0 spiro atoms. The Morgan fingerprint density at radius 3 is 2.55 bits per heavy atom. The molecular weight excluding hydrogens is 433 g/mol. The molecule has 0 fully saturated rings. The summed E-state index contributed by atoms with van der Waals surface area (Å²) < 4.78 is 7.01. The molecule has 1 heterocycles. The predicted octanol–water partition coefficient (Wildman–Crippen LogP) is 5.81. The van der Waals surface area contributed by atoms with Crippen molar-refractivity contribution in [3.8, 4) is 17.0 Å². The molecule has 0 aliphatic carbocycles. The smallest absolute Gasteiger partial charge is 0.240 e. The minimum Gasteiger partial charge on any atom is -0.497 e. The fourth-order valence-corrected chi connectivity index (χ4v) is 3.44. The van der Waals surface area contributed by atoms with Crippen molar-refractivity contribution in [1.82, 2.24) is 14.9 Å². The van der Waals surface area contributed by atoms with Crippen LogP contribution in [0.1, 0.15) is 25.2 Å². The number of halogens is 2. The Bertz CT molecular complexity index is 1070. The standard InChI is InChI=1S/C24H25Cl2N3O2/c1-16(2)13-27-24(30)15-29-14-22(20-10-7-18(25)12-21(20)26)28-23(29)11-6-17-4-8-19(31-3)9-5-17/h4-12,14,16H,13,15H2,1-3H3,(H,27,30)/b11-6+. The lowest BCUT2D eigenvalue weighted by Crippen LogP contribution is -2.30. The third-order valence-corrected chi connectivity index (χ3v) is 5.12. The van der Waals surface area contributed by atoms with Crippen LogP contribution < -0.4 is 10.1 Å². The van der Waals surface area contributed by atoms with E-state index in [0.717, 1.165) is 16.9 Å². The van der Waals surface area contributed by atoms with E-state index in [4.69, 9.17) is 32.9 Å². The zero-order chi connectivity index (χ0) is 22.4. The highest BCUT2D eigenvalue weighted by Gasteiger charge is 2.13. The van der Waals surface area contributed by atoms with Crippen LogP contribution in [0.5, 0.6) is 5.75 Å². The van der Waals surface area contributed by atoms with Gasteiger partial charge in [0.15, 0.2) is 0 Å². The lowest BCUT2D eigenvalue weighted by Gasteiger charge is -2.09. The van der Waals surface area contributed by atoms with E-state index in [-0.39, 0.29) is 12.5 Å². The summed E-state index contributed by atoms with van der Waals surface area (Å²) in [5.74, 6) is 1.75. The van der Waals surface area contributed by atoms with E-state index in [9.17, 15) is 4.79 Å². The van der Waals surface area contributed by atoms with Gasteiger partial charge in [0.05, 0.1) is 17.8 Å². The number of rotatable bonds is 8. The van der Waals surface area contributed by atoms with Crippen LogP contribution in [0.2, 0.25) is 10.0 Å². The van der Waals surface area contributed by atoms with Crippen LogP contribution in [-0.2, 0) is 11.3 Å². The molecule has 0 radical (unpaired) electrons. The van der Waals surface area contributed by atoms with Crippen molar-refractivity contribution >= 4 is 41.3 Å². The predicted molar refractivity (Wildman–Crippen MR) is 127 cm³/mol. The van der Waals surface area contributed by atoms with Gasteiger partial charge in [-0.1, -0.05) is 55.3 Å². The molecule has 31 heavy (non-hydrogen) atoms. The van der Waals surface area contributed by atoms with E-state index >= 15 is 0 Å². The third-order valence-electron chi connectivity index (χ3n) is 4.58. The Morgan fingerprint density at radius 1 is 1.16 bits per heavy atom. The van der Waals surface area contributed by atoms with Gasteiger partial charge in [-0.25, -0.2) is 4.98 Å². The Balaban J connectivity index is 1.91. The number of carbonyl (C=O) groups is 1. The maximum atomic E-state index is 12.4. The van der Waals surface area contributed by atoms with Gasteiger partial charge in [0.25, 0.3) is 0 Å². The van der Waals surface area contributed by atoms with Crippen LogP contribution in [0.25, 0.3) is 23.4 Å². The molecule has 2 aromatic carbocycles. The zero-order valence-corrected chi connectivity index (χ0v) is 19.2. The molecule has 0 aliphatic heterocycles. The van der Waals surface area contributed by atoms with Gasteiger partial charge in [0.2, 0.25) is 5.91 Å². The van der Waals surface area contributed by atoms with Gasteiger partial charge in [0.1, 0.15) is 18.1 Å². The highest BCUT2D eigenvalue weighted by atomic mass is 35.5. The number of nitrogens with one attached hydrogen (secondary N) is 1. The van der Waals surface area contributed by atoms with Crippen LogP contribution in [-0.4, -0.2) is 29.1 Å². The summed E-state index contributed by atoms with van der Waals surface area (Å²) in [5.41, 5.74) is 2.42. The summed E-state index contributed by atoms with van der Waals surface area (Å²) in [4.78, 5) is 17.1. The Labute approximate surface area is 192 Å². The van der Waals surface area contributed by atoms with E-state index in [1.54, 1.807) is 19.2 Å². The molecule has 7 heteroatoms. The maximum absolute atomic E-state index is 12.4. The minimum absolute atomic E-state index is 0.0704. The van der Waals surface area contributed by atoms with Crippen molar-refractivity contribution in [1.29, 1.82) is 0 Å². The normalized spacial score (nSPS) is 11.3. The van der Waals surface area contributed by atoms with E-state index < -0.39 is 0 Å². The minimum atomic E-state index is -0.0704. The number of imidazole rings is 1. The lowest BCUT2D eigenvalue weighted by molar-refractivity contribution is -0.121. The van der Waals surface area contributed by atoms with Gasteiger partial charge >= 0.3 is 0 Å². The Hall–Kier alpha value is -2.76. The van der Waals surface area contributed by atoms with E-state index in [0.29, 0.717) is 34.0 Å². The number of amides is 1. The van der Waals surface area contributed by atoms with E-state index in [1.807, 2.05) is 53.2 Å². The number of hydrogen-bond acceptors (Lipinski definition) is 3. The lowest BCUT2D eigenvalue weighted by atomic mass is 10.2. The number of aromatic nitrogens is 2. The summed E-state index contributed by atoms with van der Waals surface area (Å²) in [5, 5.41) is 4.01. The van der Waals surface area contributed by atoms with Crippen molar-refractivity contribution in [2.75, 3.05) is 13.7 Å². The molecule has 3 rings (SSSR count). The molecule has 0 atom stereocenters. The zero-order valence-electron chi connectivity index (χ0n) is 17.7. The Kier molecular flexibility index (Phi) is 7.77. The van der Waals surface area contributed by atoms with Crippen molar-refractivity contribution in [3.05, 3.63) is 70.1 Å². The van der Waals surface area contributed by atoms with Gasteiger partial charge in [-0.15, -0.1) is 0 Å². The average molecular weight is 458 g/mol. The second kappa shape index (κ2) is 10.5. The maximum Gasteiger partial charge on any atom is 0.240 e. The average Bonchev–Trinajstić information content (AvgIpc) is 3.13. The van der Waals surface area contributed by atoms with Crippen molar-refractivity contribution in [2.45, 2.75) is 20.4 Å². The van der Waals surface area contributed by atoms with E-state index in [2.05, 4.69) is 19.2 Å². The van der Waals surface area contributed by atoms with Crippen LogP contribution in [0.4, 0.5) is 0 Å². The third kappa shape index (κ3) is 6.36. The summed E-state index contributed by atoms with van der Waals surface area (Å²) in [7, 11) is 1.63. The number of benzene rings is 2. The molecular formula is C24H25Cl2N3O2. The van der Waals surface area contributed by atoms with Crippen molar-refractivity contribution < 1.29 is 9.53 Å². The molecule has 1 N–H and O–H groups in total. The topological polar surface area (TPSA) is 56.2 Å². The summed E-state index contributed by atoms with van der Waals surface area (Å²) in [6.07, 6.45) is 5.65. The summed E-state index contributed by atoms with van der Waals surface area (Å²) in [6, 6.07) is 13.0. The van der Waals surface area contributed by atoms with Crippen molar-refractivity contribution in [3.63, 3.8) is 0 Å². The molecule has 0 saturated carbocycles. The second-order valence-electron chi connectivity index (χ2n) is 7.54. The van der Waals surface area contributed by atoms with Gasteiger partial charge in [-0.3, -0.25) is 4.79 Å². The molecule has 1 amide bonds. The molecule has 5 nitrogen and oxygen atoms in total. The van der Waals surface area contributed by atoms with Crippen LogP contribution in [0.3, 0.4) is 0 Å². The number of nitrogens with zero attached hydrogens (tertiary/aromatic N) is 2. The number of carbonyl (C=O) groups excluding carboxylic acids is 1. The molecule has 0 bridgehead atoms. The number of hydrogen-bond donors (Lipinski definition) is 1. The van der Waals surface area contributed by atoms with Crippen LogP contribution in [0, 0.1) is 5.92 Å². The first kappa shape index (κ1) is 22.9. The number of methoxy groups -OCH3 is 1. The largest absolute Gasteiger partial charge is 0.497 e. The van der Waals surface area contributed by atoms with Crippen molar-refractivity contribution in [2.24, 2.45) is 5.92 Å². The molecule has 1 aromatic heterocycles. The molecule has 0 saturated heterocycles.